The van der Waals surface area contributed by atoms with Gasteiger partial charge in [-0.3, -0.25) is 4.79 Å². The number of rotatable bonds is 11. The minimum Gasteiger partial charge on any atom is -0.446 e. The number of methoxy groups -OCH3 is 1. The summed E-state index contributed by atoms with van der Waals surface area (Å²) < 4.78 is 11.8. The zero-order chi connectivity index (χ0) is 40.7. The van der Waals surface area contributed by atoms with Crippen molar-refractivity contribution in [1.29, 1.82) is 0 Å². The largest absolute Gasteiger partial charge is 0.446 e. The van der Waals surface area contributed by atoms with Crippen molar-refractivity contribution >= 4 is 11.9 Å². The predicted octanol–water partition coefficient (Wildman–Crippen LogP) is 10.6. The molecule has 4 aliphatic rings. The highest BCUT2D eigenvalue weighted by atomic mass is 16.6. The van der Waals surface area contributed by atoms with Crippen LogP contribution in [0.3, 0.4) is 0 Å². The summed E-state index contributed by atoms with van der Waals surface area (Å²) >= 11 is 0. The van der Waals surface area contributed by atoms with E-state index in [1.54, 1.807) is 12.0 Å². The van der Waals surface area contributed by atoms with Crippen molar-refractivity contribution in [3.63, 3.8) is 0 Å². The van der Waals surface area contributed by atoms with E-state index in [1.165, 1.54) is 5.57 Å². The molecule has 7 atom stereocenters. The molecule has 1 amide bonds. The standard InChI is InChI=1S/C50H67NO6/c1-34(2)42-23-16-36(4)30-46(42)57-48(54)51(28-11-29-56-6)33-50(55)27-25-45-43-24-17-37(31-41(52)22-15-35(3)12-10-26-49(45,50)5)32-44(43)47(53)40-20-18-39(19-21-40)38-13-8-7-9-14-38/h7-9,12-14,17-21,24,32,34,36,41-42,45-46,52,55H,10-11,15-16,22-23,25-31,33H2,1-6H3/t36-,41-,42+,45-,46-,49-,50+/m0/s1. The molecule has 2 saturated carbocycles. The van der Waals surface area contributed by atoms with E-state index in [2.05, 4.69) is 65.0 Å². The van der Waals surface area contributed by atoms with Gasteiger partial charge in [-0.15, -0.1) is 0 Å². The Morgan fingerprint density at radius 2 is 1.68 bits per heavy atom. The lowest BCUT2D eigenvalue weighted by Gasteiger charge is -2.46. The second kappa shape index (κ2) is 18.9. The molecule has 4 aliphatic carbocycles. The number of carbonyl (C=O) groups excluding carboxylic acids is 2. The maximum Gasteiger partial charge on any atom is 0.410 e. The third-order valence-corrected chi connectivity index (χ3v) is 13.9. The number of benzene rings is 3. The molecule has 0 saturated heterocycles. The van der Waals surface area contributed by atoms with Crippen LogP contribution in [-0.4, -0.2) is 71.6 Å². The molecule has 2 N–H and O–H groups in total. The van der Waals surface area contributed by atoms with E-state index >= 15 is 0 Å². The molecular weight excluding hydrogens is 711 g/mol. The molecule has 57 heavy (non-hydrogen) atoms. The molecule has 3 aromatic carbocycles. The van der Waals surface area contributed by atoms with Gasteiger partial charge in [-0.05, 0) is 123 Å². The molecule has 0 heterocycles. The van der Waals surface area contributed by atoms with Crippen LogP contribution >= 0.6 is 0 Å². The monoisotopic (exact) mass is 777 g/mol. The molecule has 3 aromatic rings. The second-order valence-electron chi connectivity index (χ2n) is 18.2. The van der Waals surface area contributed by atoms with Gasteiger partial charge in [0.2, 0.25) is 0 Å². The second-order valence-corrected chi connectivity index (χ2v) is 18.2. The fourth-order valence-corrected chi connectivity index (χ4v) is 10.2. The highest BCUT2D eigenvalue weighted by Crippen LogP contribution is 2.59. The summed E-state index contributed by atoms with van der Waals surface area (Å²) in [4.78, 5) is 30.8. The van der Waals surface area contributed by atoms with Gasteiger partial charge < -0.3 is 24.6 Å². The third kappa shape index (κ3) is 9.92. The maximum absolute atomic E-state index is 14.7. The number of hydrogen-bond donors (Lipinski definition) is 2. The molecule has 0 aliphatic heterocycles. The van der Waals surface area contributed by atoms with E-state index in [4.69, 9.17) is 9.47 Å². The van der Waals surface area contributed by atoms with E-state index in [1.807, 2.05) is 48.5 Å². The minimum atomic E-state index is -1.24. The zero-order valence-electron chi connectivity index (χ0n) is 35.3. The van der Waals surface area contributed by atoms with Gasteiger partial charge in [0.05, 0.1) is 18.2 Å². The van der Waals surface area contributed by atoms with Crippen LogP contribution in [0.5, 0.6) is 0 Å². The van der Waals surface area contributed by atoms with E-state index in [0.717, 1.165) is 54.4 Å². The van der Waals surface area contributed by atoms with Gasteiger partial charge in [0.1, 0.15) is 6.10 Å². The van der Waals surface area contributed by atoms with Crippen molar-refractivity contribution in [1.82, 2.24) is 4.90 Å². The molecule has 7 nitrogen and oxygen atoms in total. The van der Waals surface area contributed by atoms with E-state index < -0.39 is 17.1 Å². The summed E-state index contributed by atoms with van der Waals surface area (Å²) in [6.45, 7) is 12.0. The number of amides is 1. The van der Waals surface area contributed by atoms with Gasteiger partial charge in [-0.1, -0.05) is 112 Å². The summed E-state index contributed by atoms with van der Waals surface area (Å²) in [5.74, 6) is 1.000. The number of aliphatic hydroxyl groups excluding tert-OH is 1. The molecule has 2 fully saturated rings. The Morgan fingerprint density at radius 3 is 2.40 bits per heavy atom. The van der Waals surface area contributed by atoms with Gasteiger partial charge in [0.25, 0.3) is 0 Å². The average molecular weight is 778 g/mol. The van der Waals surface area contributed by atoms with Gasteiger partial charge in [-0.25, -0.2) is 4.79 Å². The first-order valence-corrected chi connectivity index (χ1v) is 21.7. The summed E-state index contributed by atoms with van der Waals surface area (Å²) in [6.07, 6.45) is 9.35. The smallest absolute Gasteiger partial charge is 0.410 e. The molecule has 0 radical (unpaired) electrons. The van der Waals surface area contributed by atoms with Crippen LogP contribution in [0, 0.1) is 23.2 Å². The SMILES string of the molecule is COCCCN(C[C@]1(O)CC[C@H]2c3ccc(cc3C(=O)c3ccc(-c4ccccc4)cc3)C[C@@H](O)CCC(C)=CCC[C@@]21C)C(=O)O[C@H]1C[C@@H](C)CC[C@@H]1C(C)C. The number of carbonyl (C=O) groups is 2. The summed E-state index contributed by atoms with van der Waals surface area (Å²) in [5.41, 5.74) is 4.51. The lowest BCUT2D eigenvalue weighted by atomic mass is 9.64. The summed E-state index contributed by atoms with van der Waals surface area (Å²) in [6, 6.07) is 24.1. The van der Waals surface area contributed by atoms with Gasteiger partial charge >= 0.3 is 6.09 Å². The molecule has 0 aromatic heterocycles. The Hall–Kier alpha value is -3.78. The molecule has 7 rings (SSSR count). The molecule has 7 heteroatoms. The van der Waals surface area contributed by atoms with Crippen molar-refractivity contribution in [2.45, 2.75) is 129 Å². The Balaban J connectivity index is 1.36. The van der Waals surface area contributed by atoms with Crippen molar-refractivity contribution in [2.75, 3.05) is 26.8 Å². The lowest BCUT2D eigenvalue weighted by Crippen LogP contribution is -2.54. The normalized spacial score (nSPS) is 28.0. The van der Waals surface area contributed by atoms with Crippen molar-refractivity contribution < 1.29 is 29.3 Å². The molecule has 0 unspecified atom stereocenters. The first-order chi connectivity index (χ1) is 27.3. The Morgan fingerprint density at radius 1 is 0.947 bits per heavy atom. The lowest BCUT2D eigenvalue weighted by molar-refractivity contribution is -0.0868. The van der Waals surface area contributed by atoms with Crippen LogP contribution < -0.4 is 0 Å². The topological polar surface area (TPSA) is 96.3 Å². The van der Waals surface area contributed by atoms with Gasteiger partial charge in [0, 0.05) is 36.8 Å². The predicted molar refractivity (Wildman–Crippen MR) is 228 cm³/mol. The number of hydrogen-bond acceptors (Lipinski definition) is 6. The Bertz CT molecular complexity index is 1840. The zero-order valence-corrected chi connectivity index (χ0v) is 35.3. The average Bonchev–Trinajstić information content (AvgIpc) is 3.45. The van der Waals surface area contributed by atoms with Crippen LogP contribution in [0.4, 0.5) is 4.79 Å². The van der Waals surface area contributed by atoms with Gasteiger partial charge in [0.15, 0.2) is 5.78 Å². The molecule has 308 valence electrons. The number of ketones is 1. The molecular formula is C50H67NO6. The fourth-order valence-electron chi connectivity index (χ4n) is 10.2. The summed E-state index contributed by atoms with van der Waals surface area (Å²) in [7, 11) is 1.67. The molecule has 2 bridgehead atoms. The van der Waals surface area contributed by atoms with Crippen molar-refractivity contribution in [3.8, 4) is 11.1 Å². The number of allylic oxidation sites excluding steroid dienone is 2. The van der Waals surface area contributed by atoms with Crippen LogP contribution in [0.15, 0.2) is 84.4 Å². The Kier molecular flexibility index (Phi) is 14.2. The fraction of sp³-hybridized carbons (Fsp3) is 0.560. The maximum atomic E-state index is 14.7. The highest BCUT2D eigenvalue weighted by molar-refractivity contribution is 6.10. The van der Waals surface area contributed by atoms with Crippen LogP contribution in [-0.2, 0) is 15.9 Å². The first kappa shape index (κ1) is 42.8. The van der Waals surface area contributed by atoms with Crippen molar-refractivity contribution in [3.05, 3.63) is 107 Å². The first-order valence-electron chi connectivity index (χ1n) is 21.7. The van der Waals surface area contributed by atoms with Crippen LogP contribution in [0.2, 0.25) is 0 Å². The van der Waals surface area contributed by atoms with Gasteiger partial charge in [-0.2, -0.15) is 0 Å². The Labute approximate surface area is 341 Å². The quantitative estimate of drug-likeness (QED) is 0.114. The van der Waals surface area contributed by atoms with Crippen LogP contribution in [0.25, 0.3) is 11.1 Å². The number of fused-ring (bicyclic) bond motifs is 8. The van der Waals surface area contributed by atoms with E-state index in [-0.39, 0.29) is 30.4 Å². The van der Waals surface area contributed by atoms with E-state index in [0.29, 0.717) is 80.6 Å². The number of nitrogens with zero attached hydrogens (tertiary/aromatic N) is 1. The number of ether oxygens (including phenoxy) is 2. The van der Waals surface area contributed by atoms with E-state index in [9.17, 15) is 19.8 Å². The summed E-state index contributed by atoms with van der Waals surface area (Å²) in [5, 5.41) is 24.2. The minimum absolute atomic E-state index is 0.0623. The third-order valence-electron chi connectivity index (χ3n) is 13.9. The number of aliphatic hydroxyl groups is 2. The van der Waals surface area contributed by atoms with Crippen LogP contribution in [0.1, 0.15) is 132 Å². The highest BCUT2D eigenvalue weighted by Gasteiger charge is 2.58. The van der Waals surface area contributed by atoms with Crippen molar-refractivity contribution in [2.24, 2.45) is 23.2 Å². The molecule has 0 spiro atoms.